The van der Waals surface area contributed by atoms with E-state index in [1.54, 1.807) is 11.6 Å². The molecule has 0 N–H and O–H groups in total. The molecule has 4 rings (SSSR count). The van der Waals surface area contributed by atoms with Crippen molar-refractivity contribution in [1.29, 1.82) is 0 Å². The Morgan fingerprint density at radius 3 is 2.54 bits per heavy atom. The number of thiazole rings is 1. The van der Waals surface area contributed by atoms with Crippen LogP contribution >= 0.6 is 11.3 Å². The predicted octanol–water partition coefficient (Wildman–Crippen LogP) is 3.27. The van der Waals surface area contributed by atoms with Crippen molar-refractivity contribution in [2.24, 2.45) is 5.92 Å². The lowest BCUT2D eigenvalue weighted by Gasteiger charge is -2.35. The summed E-state index contributed by atoms with van der Waals surface area (Å²) in [7, 11) is 0. The molecular weight excluding hydrogens is 350 g/mol. The quantitative estimate of drug-likeness (QED) is 0.828. The van der Waals surface area contributed by atoms with Crippen LogP contribution in [0.3, 0.4) is 0 Å². The highest BCUT2D eigenvalue weighted by Crippen LogP contribution is 2.26. The van der Waals surface area contributed by atoms with Crippen molar-refractivity contribution in [1.82, 2.24) is 14.8 Å². The molecule has 0 aliphatic carbocycles. The highest BCUT2D eigenvalue weighted by atomic mass is 32.1. The van der Waals surface area contributed by atoms with Gasteiger partial charge in [-0.05, 0) is 44.2 Å². The Labute approximate surface area is 156 Å². The highest BCUT2D eigenvalue weighted by Gasteiger charge is 2.31. The summed E-state index contributed by atoms with van der Waals surface area (Å²) in [4.78, 5) is 33.6. The molecule has 0 aromatic carbocycles. The fraction of sp³-hybridized carbons (Fsp3) is 0.526. The summed E-state index contributed by atoms with van der Waals surface area (Å²) in [5.41, 5.74) is 0.460. The molecule has 2 saturated heterocycles. The van der Waals surface area contributed by atoms with Crippen molar-refractivity contribution in [2.45, 2.75) is 32.1 Å². The van der Waals surface area contributed by atoms with Crippen LogP contribution in [0.5, 0.6) is 0 Å². The van der Waals surface area contributed by atoms with Crippen molar-refractivity contribution in [3.63, 3.8) is 0 Å². The third-order valence-electron chi connectivity index (χ3n) is 5.25. The van der Waals surface area contributed by atoms with Gasteiger partial charge in [0.05, 0.1) is 6.26 Å². The minimum atomic E-state index is -0.0528. The lowest BCUT2D eigenvalue weighted by molar-refractivity contribution is -0.137. The van der Waals surface area contributed by atoms with E-state index in [-0.39, 0.29) is 17.7 Å². The smallest absolute Gasteiger partial charge is 0.273 e. The van der Waals surface area contributed by atoms with E-state index in [0.29, 0.717) is 29.6 Å². The molecule has 2 aliphatic heterocycles. The summed E-state index contributed by atoms with van der Waals surface area (Å²) in [5, 5.41) is 2.50. The molecule has 7 heteroatoms. The van der Waals surface area contributed by atoms with Gasteiger partial charge in [0.1, 0.15) is 5.69 Å². The normalized spacial score (nSPS) is 18.9. The number of aromatic nitrogens is 1. The van der Waals surface area contributed by atoms with Gasteiger partial charge in [0, 0.05) is 37.5 Å². The van der Waals surface area contributed by atoms with Crippen LogP contribution in [0.1, 0.15) is 42.6 Å². The Morgan fingerprint density at radius 1 is 1.08 bits per heavy atom. The van der Waals surface area contributed by atoms with Crippen LogP contribution in [-0.2, 0) is 4.79 Å². The Hall–Kier alpha value is -2.15. The molecule has 138 valence electrons. The number of carbonyl (C=O) groups excluding carboxylic acids is 2. The number of carbonyl (C=O) groups is 2. The van der Waals surface area contributed by atoms with Crippen molar-refractivity contribution in [3.8, 4) is 10.8 Å². The first-order valence-corrected chi connectivity index (χ1v) is 10.2. The zero-order valence-corrected chi connectivity index (χ0v) is 15.5. The molecule has 0 saturated carbocycles. The number of likely N-dealkylation sites (tertiary alicyclic amines) is 2. The van der Waals surface area contributed by atoms with Gasteiger partial charge in [-0.25, -0.2) is 4.98 Å². The average molecular weight is 373 g/mol. The van der Waals surface area contributed by atoms with E-state index in [1.807, 2.05) is 21.9 Å². The maximum Gasteiger partial charge on any atom is 0.273 e. The summed E-state index contributed by atoms with van der Waals surface area (Å²) in [6.07, 6.45) is 6.55. The first-order valence-electron chi connectivity index (χ1n) is 9.30. The van der Waals surface area contributed by atoms with Crippen LogP contribution in [0, 0.1) is 5.92 Å². The second kappa shape index (κ2) is 7.61. The van der Waals surface area contributed by atoms with Crippen LogP contribution in [0.25, 0.3) is 10.8 Å². The van der Waals surface area contributed by atoms with Gasteiger partial charge in [0.25, 0.3) is 5.91 Å². The number of hydrogen-bond donors (Lipinski definition) is 0. The fourth-order valence-corrected chi connectivity index (χ4v) is 4.51. The summed E-state index contributed by atoms with van der Waals surface area (Å²) in [6.45, 7) is 3.03. The number of rotatable bonds is 3. The Kier molecular flexibility index (Phi) is 5.06. The lowest BCUT2D eigenvalue weighted by Crippen LogP contribution is -2.45. The summed E-state index contributed by atoms with van der Waals surface area (Å²) >= 11 is 1.41. The largest absolute Gasteiger partial charge is 0.462 e. The first-order chi connectivity index (χ1) is 12.7. The molecular formula is C19H23N3O3S. The molecule has 0 spiro atoms. The average Bonchev–Trinajstić information content (AvgIpc) is 3.39. The third kappa shape index (κ3) is 3.53. The third-order valence-corrected chi connectivity index (χ3v) is 6.11. The van der Waals surface area contributed by atoms with E-state index in [4.69, 9.17) is 4.42 Å². The van der Waals surface area contributed by atoms with Gasteiger partial charge in [-0.1, -0.05) is 0 Å². The Morgan fingerprint density at radius 2 is 1.85 bits per heavy atom. The molecule has 2 aliphatic rings. The SMILES string of the molecule is O=C(c1csc(-c2ccco2)n1)N1CCC(C(=O)N2CCCCC2)CC1. The number of hydrogen-bond acceptors (Lipinski definition) is 5. The maximum absolute atomic E-state index is 12.7. The van der Waals surface area contributed by atoms with E-state index >= 15 is 0 Å². The monoisotopic (exact) mass is 373 g/mol. The fourth-order valence-electron chi connectivity index (χ4n) is 3.75. The van der Waals surface area contributed by atoms with Gasteiger partial charge in [-0.15, -0.1) is 11.3 Å². The Bertz CT molecular complexity index is 757. The van der Waals surface area contributed by atoms with Crippen molar-refractivity contribution in [3.05, 3.63) is 29.5 Å². The van der Waals surface area contributed by atoms with Crippen LogP contribution < -0.4 is 0 Å². The summed E-state index contributed by atoms with van der Waals surface area (Å²) < 4.78 is 5.34. The number of amides is 2. The van der Waals surface area contributed by atoms with E-state index in [1.165, 1.54) is 17.8 Å². The van der Waals surface area contributed by atoms with Gasteiger partial charge in [0.2, 0.25) is 5.91 Å². The molecule has 4 heterocycles. The van der Waals surface area contributed by atoms with Crippen molar-refractivity contribution in [2.75, 3.05) is 26.2 Å². The van der Waals surface area contributed by atoms with Crippen LogP contribution in [-0.4, -0.2) is 52.8 Å². The van der Waals surface area contributed by atoms with Gasteiger partial charge in [-0.2, -0.15) is 0 Å². The van der Waals surface area contributed by atoms with E-state index in [2.05, 4.69) is 4.98 Å². The molecule has 2 amide bonds. The molecule has 0 unspecified atom stereocenters. The molecule has 26 heavy (non-hydrogen) atoms. The standard InChI is InChI=1S/C19H23N3O3S/c23-18(21-8-2-1-3-9-21)14-6-10-22(11-7-14)19(24)15-13-26-17(20-15)16-5-4-12-25-16/h4-5,12-14H,1-3,6-11H2. The molecule has 0 bridgehead atoms. The number of furan rings is 1. The lowest BCUT2D eigenvalue weighted by atomic mass is 9.94. The minimum absolute atomic E-state index is 0.0528. The first kappa shape index (κ1) is 17.3. The van der Waals surface area contributed by atoms with E-state index in [9.17, 15) is 9.59 Å². The second-order valence-electron chi connectivity index (χ2n) is 6.97. The van der Waals surface area contributed by atoms with Gasteiger partial charge < -0.3 is 14.2 Å². The van der Waals surface area contributed by atoms with Crippen molar-refractivity contribution >= 4 is 23.2 Å². The Balaban J connectivity index is 1.34. The van der Waals surface area contributed by atoms with E-state index < -0.39 is 0 Å². The molecule has 0 atom stereocenters. The molecule has 2 fully saturated rings. The van der Waals surface area contributed by atoms with Gasteiger partial charge >= 0.3 is 0 Å². The molecule has 2 aromatic heterocycles. The minimum Gasteiger partial charge on any atom is -0.462 e. The van der Waals surface area contributed by atoms with Crippen molar-refractivity contribution < 1.29 is 14.0 Å². The molecule has 2 aromatic rings. The zero-order valence-electron chi connectivity index (χ0n) is 14.7. The number of nitrogens with zero attached hydrogens (tertiary/aromatic N) is 3. The second-order valence-corrected chi connectivity index (χ2v) is 7.83. The van der Waals surface area contributed by atoms with E-state index in [0.717, 1.165) is 38.8 Å². The molecule has 6 nitrogen and oxygen atoms in total. The number of piperidine rings is 2. The highest BCUT2D eigenvalue weighted by molar-refractivity contribution is 7.13. The molecule has 0 radical (unpaired) electrons. The van der Waals surface area contributed by atoms with Gasteiger partial charge in [0.15, 0.2) is 10.8 Å². The zero-order chi connectivity index (χ0) is 17.9. The summed E-state index contributed by atoms with van der Waals surface area (Å²) in [6, 6.07) is 3.65. The summed E-state index contributed by atoms with van der Waals surface area (Å²) in [5.74, 6) is 0.972. The van der Waals surface area contributed by atoms with Crippen LogP contribution in [0.2, 0.25) is 0 Å². The van der Waals surface area contributed by atoms with Crippen LogP contribution in [0.4, 0.5) is 0 Å². The topological polar surface area (TPSA) is 66.7 Å². The maximum atomic E-state index is 12.7. The van der Waals surface area contributed by atoms with Crippen LogP contribution in [0.15, 0.2) is 28.2 Å². The van der Waals surface area contributed by atoms with Gasteiger partial charge in [-0.3, -0.25) is 9.59 Å². The predicted molar refractivity (Wildman–Crippen MR) is 98.9 cm³/mol.